The van der Waals surface area contributed by atoms with Crippen molar-refractivity contribution in [1.82, 2.24) is 4.98 Å². The molecule has 1 aromatic heterocycles. The van der Waals surface area contributed by atoms with Crippen molar-refractivity contribution in [3.63, 3.8) is 0 Å². The lowest BCUT2D eigenvalue weighted by Gasteiger charge is -2.23. The predicted octanol–water partition coefficient (Wildman–Crippen LogP) is 4.90. The zero-order chi connectivity index (χ0) is 27.3. The fourth-order valence-electron chi connectivity index (χ4n) is 3.52. The zero-order valence-corrected chi connectivity index (χ0v) is 20.9. The van der Waals surface area contributed by atoms with Crippen LogP contribution in [-0.4, -0.2) is 26.7 Å². The van der Waals surface area contributed by atoms with Gasteiger partial charge in [0.05, 0.1) is 11.6 Å². The molecule has 2 N–H and O–H groups in total. The van der Waals surface area contributed by atoms with E-state index in [0.717, 1.165) is 19.2 Å². The van der Waals surface area contributed by atoms with Gasteiger partial charge in [-0.3, -0.25) is 9.00 Å². The lowest BCUT2D eigenvalue weighted by Crippen LogP contribution is -2.23. The fourth-order valence-corrected chi connectivity index (χ4v) is 3.96. The standard InChI is InChI=1S/C24H22ClF4N3O4S/c1-32(37(34)35)20-10-5-16(12-19(20)26)18(22(30)33)9-4-15-6-11-21(24(27,28)29)31-23(15)36-13-14-2-7-17(25)8-3-14/h2-3,5-8,10-12,18H,4,9,13H2,1H3,(H2,30,33)(H,34,35)/p-1. The Labute approximate surface area is 217 Å². The van der Waals surface area contributed by atoms with E-state index in [1.165, 1.54) is 18.2 Å². The Balaban J connectivity index is 1.85. The van der Waals surface area contributed by atoms with E-state index in [4.69, 9.17) is 22.1 Å². The van der Waals surface area contributed by atoms with Gasteiger partial charge in [-0.15, -0.1) is 0 Å². The number of anilines is 1. The van der Waals surface area contributed by atoms with Gasteiger partial charge >= 0.3 is 6.18 Å². The first-order valence-corrected chi connectivity index (χ1v) is 12.1. The van der Waals surface area contributed by atoms with Crippen molar-refractivity contribution >= 4 is 34.5 Å². The molecule has 0 aliphatic rings. The zero-order valence-electron chi connectivity index (χ0n) is 19.3. The molecular formula is C24H21ClF4N3O4S-. The highest BCUT2D eigenvalue weighted by molar-refractivity contribution is 7.80. The molecule has 2 unspecified atom stereocenters. The molecule has 13 heteroatoms. The molecule has 0 radical (unpaired) electrons. The molecule has 3 rings (SSSR count). The van der Waals surface area contributed by atoms with E-state index in [9.17, 15) is 31.1 Å². The summed E-state index contributed by atoms with van der Waals surface area (Å²) in [6, 6.07) is 12.1. The molecule has 0 saturated carbocycles. The minimum atomic E-state index is -4.70. The second-order valence-corrected chi connectivity index (χ2v) is 9.41. The molecule has 2 aromatic carbocycles. The number of halogens is 5. The summed E-state index contributed by atoms with van der Waals surface area (Å²) in [5, 5.41) is 0.483. The number of primary amides is 1. The van der Waals surface area contributed by atoms with Crippen LogP contribution in [0.15, 0.2) is 54.6 Å². The first-order chi connectivity index (χ1) is 17.4. The van der Waals surface area contributed by atoms with Crippen LogP contribution in [0.2, 0.25) is 5.02 Å². The molecule has 7 nitrogen and oxygen atoms in total. The predicted molar refractivity (Wildman–Crippen MR) is 129 cm³/mol. The summed E-state index contributed by atoms with van der Waals surface area (Å²) in [5.74, 6) is -2.97. The number of aromatic nitrogens is 1. The highest BCUT2D eigenvalue weighted by atomic mass is 35.5. The van der Waals surface area contributed by atoms with Crippen LogP contribution < -0.4 is 14.8 Å². The van der Waals surface area contributed by atoms with Crippen LogP contribution >= 0.6 is 11.6 Å². The Hall–Kier alpha value is -3.22. The van der Waals surface area contributed by atoms with Gasteiger partial charge in [-0.05, 0) is 54.3 Å². The number of rotatable bonds is 10. The van der Waals surface area contributed by atoms with Gasteiger partial charge in [0.2, 0.25) is 11.8 Å². The number of ether oxygens (including phenoxy) is 1. The van der Waals surface area contributed by atoms with Gasteiger partial charge in [0, 0.05) is 28.9 Å². The lowest BCUT2D eigenvalue weighted by molar-refractivity contribution is -0.141. The number of amides is 1. The normalized spacial score (nSPS) is 13.2. The maximum absolute atomic E-state index is 14.5. The van der Waals surface area contributed by atoms with E-state index in [1.54, 1.807) is 24.3 Å². The Morgan fingerprint density at radius 2 is 1.86 bits per heavy atom. The Kier molecular flexibility index (Phi) is 9.11. The van der Waals surface area contributed by atoms with Crippen molar-refractivity contribution in [3.05, 3.63) is 87.8 Å². The third-order valence-electron chi connectivity index (χ3n) is 5.50. The molecule has 0 fully saturated rings. The lowest BCUT2D eigenvalue weighted by atomic mass is 9.91. The summed E-state index contributed by atoms with van der Waals surface area (Å²) >= 11 is 3.14. The van der Waals surface area contributed by atoms with Crippen molar-refractivity contribution in [2.45, 2.75) is 31.5 Å². The molecule has 198 valence electrons. The van der Waals surface area contributed by atoms with E-state index in [2.05, 4.69) is 4.98 Å². The smallest absolute Gasteiger partial charge is 0.433 e. The topological polar surface area (TPSA) is 109 Å². The van der Waals surface area contributed by atoms with Gasteiger partial charge in [0.15, 0.2) is 0 Å². The van der Waals surface area contributed by atoms with Crippen molar-refractivity contribution < 1.29 is 35.9 Å². The number of pyridine rings is 1. The van der Waals surface area contributed by atoms with Crippen molar-refractivity contribution in [1.29, 1.82) is 0 Å². The Bertz CT molecular complexity index is 1290. The molecule has 0 aliphatic carbocycles. The van der Waals surface area contributed by atoms with Crippen LogP contribution in [0.3, 0.4) is 0 Å². The van der Waals surface area contributed by atoms with E-state index >= 15 is 0 Å². The van der Waals surface area contributed by atoms with E-state index in [1.807, 2.05) is 0 Å². The summed E-state index contributed by atoms with van der Waals surface area (Å²) in [4.78, 5) is 15.8. The second kappa shape index (κ2) is 11.9. The molecule has 1 heterocycles. The van der Waals surface area contributed by atoms with Gasteiger partial charge in [-0.25, -0.2) is 9.37 Å². The average Bonchev–Trinajstić information content (AvgIpc) is 2.83. The van der Waals surface area contributed by atoms with Gasteiger partial charge in [0.1, 0.15) is 18.1 Å². The van der Waals surface area contributed by atoms with E-state index in [0.29, 0.717) is 14.9 Å². The number of aryl methyl sites for hydroxylation is 1. The maximum atomic E-state index is 14.5. The third kappa shape index (κ3) is 7.40. The highest BCUT2D eigenvalue weighted by Crippen LogP contribution is 2.33. The van der Waals surface area contributed by atoms with Crippen LogP contribution in [-0.2, 0) is 35.3 Å². The number of nitrogens with zero attached hydrogens (tertiary/aromatic N) is 2. The minimum absolute atomic E-state index is 0.00178. The third-order valence-corrected chi connectivity index (χ3v) is 6.40. The Morgan fingerprint density at radius 1 is 1.19 bits per heavy atom. The fraction of sp³-hybridized carbons (Fsp3) is 0.250. The molecule has 0 bridgehead atoms. The monoisotopic (exact) mass is 558 g/mol. The van der Waals surface area contributed by atoms with Crippen molar-refractivity contribution in [3.8, 4) is 5.88 Å². The average molecular weight is 559 g/mol. The van der Waals surface area contributed by atoms with Crippen molar-refractivity contribution in [2.24, 2.45) is 5.73 Å². The number of nitrogens with two attached hydrogens (primary N) is 1. The number of carbonyl (C=O) groups is 1. The second-order valence-electron chi connectivity index (χ2n) is 7.99. The minimum Gasteiger partial charge on any atom is -0.755 e. The highest BCUT2D eigenvalue weighted by Gasteiger charge is 2.33. The maximum Gasteiger partial charge on any atom is 0.433 e. The van der Waals surface area contributed by atoms with Crippen LogP contribution in [0.25, 0.3) is 0 Å². The molecular weight excluding hydrogens is 538 g/mol. The first kappa shape index (κ1) is 28.4. The number of benzene rings is 2. The quantitative estimate of drug-likeness (QED) is 0.281. The molecule has 0 spiro atoms. The molecule has 37 heavy (non-hydrogen) atoms. The van der Waals surface area contributed by atoms with Crippen LogP contribution in [0.5, 0.6) is 5.88 Å². The Morgan fingerprint density at radius 3 is 2.43 bits per heavy atom. The summed E-state index contributed by atoms with van der Waals surface area (Å²) < 4.78 is 82.8. The number of alkyl halides is 3. The molecule has 3 aromatic rings. The number of hydrogen-bond acceptors (Lipinski definition) is 5. The molecule has 2 atom stereocenters. The summed E-state index contributed by atoms with van der Waals surface area (Å²) in [6.07, 6.45) is -4.67. The van der Waals surface area contributed by atoms with Crippen LogP contribution in [0.1, 0.15) is 34.7 Å². The summed E-state index contributed by atoms with van der Waals surface area (Å²) in [6.45, 7) is -0.0843. The SMILES string of the molecule is CN(c1ccc(C(CCc2ccc(C(F)(F)F)nc2OCc2ccc(Cl)cc2)C(N)=O)cc1F)S(=O)[O-]. The van der Waals surface area contributed by atoms with Gasteiger partial charge in [0.25, 0.3) is 0 Å². The van der Waals surface area contributed by atoms with Gasteiger partial charge < -0.3 is 19.3 Å². The number of hydrogen-bond donors (Lipinski definition) is 1. The first-order valence-electron chi connectivity index (χ1n) is 10.7. The van der Waals surface area contributed by atoms with Crippen LogP contribution in [0, 0.1) is 5.82 Å². The van der Waals surface area contributed by atoms with E-state index in [-0.39, 0.29) is 42.1 Å². The van der Waals surface area contributed by atoms with Crippen LogP contribution in [0.4, 0.5) is 23.2 Å². The van der Waals surface area contributed by atoms with Gasteiger partial charge in [-0.2, -0.15) is 13.2 Å². The van der Waals surface area contributed by atoms with Crippen molar-refractivity contribution in [2.75, 3.05) is 11.4 Å². The van der Waals surface area contributed by atoms with E-state index < -0.39 is 40.8 Å². The van der Waals surface area contributed by atoms with Gasteiger partial charge in [-0.1, -0.05) is 35.9 Å². The summed E-state index contributed by atoms with van der Waals surface area (Å²) in [5.41, 5.74) is 5.25. The number of carbonyl (C=O) groups excluding carboxylic acids is 1. The molecule has 0 aliphatic heterocycles. The largest absolute Gasteiger partial charge is 0.755 e. The molecule has 0 saturated heterocycles. The summed E-state index contributed by atoms with van der Waals surface area (Å²) in [7, 11) is 1.15. The molecule has 1 amide bonds.